The standard InChI is InChI=1S/C21H27N3O/c25-20(22-15-21(11-12-21)16-24-14-6-13-23-24)19(18-9-4-5-10-18)17-7-2-1-3-8-17/h1-3,6-8,13-14,18-19H,4-5,9-12,15-16H2,(H,22,25)/t19-/m1/s1. The molecular formula is C21H27N3O. The van der Waals surface area contributed by atoms with Gasteiger partial charge < -0.3 is 5.32 Å². The van der Waals surface area contributed by atoms with Crippen LogP contribution in [-0.4, -0.2) is 22.2 Å². The summed E-state index contributed by atoms with van der Waals surface area (Å²) < 4.78 is 1.99. The van der Waals surface area contributed by atoms with Gasteiger partial charge in [-0.1, -0.05) is 43.2 Å². The summed E-state index contributed by atoms with van der Waals surface area (Å²) in [5.41, 5.74) is 1.38. The molecule has 2 aromatic rings. The van der Waals surface area contributed by atoms with Crippen molar-refractivity contribution in [3.63, 3.8) is 0 Å². The number of rotatable bonds is 7. The van der Waals surface area contributed by atoms with Crippen LogP contribution in [0.3, 0.4) is 0 Å². The third-order valence-corrected chi connectivity index (χ3v) is 5.96. The van der Waals surface area contributed by atoms with E-state index in [-0.39, 0.29) is 17.2 Å². The molecule has 25 heavy (non-hydrogen) atoms. The SMILES string of the molecule is O=C(NCC1(Cn2cccn2)CC1)[C@H](c1ccccc1)C1CCCC1. The second-order valence-electron chi connectivity index (χ2n) is 7.85. The zero-order valence-electron chi connectivity index (χ0n) is 14.7. The van der Waals surface area contributed by atoms with Crippen LogP contribution < -0.4 is 5.32 Å². The molecule has 0 saturated heterocycles. The summed E-state index contributed by atoms with van der Waals surface area (Å²) >= 11 is 0. The molecule has 2 aliphatic carbocycles. The van der Waals surface area contributed by atoms with Gasteiger partial charge in [-0.15, -0.1) is 0 Å². The summed E-state index contributed by atoms with van der Waals surface area (Å²) in [6.45, 7) is 1.67. The van der Waals surface area contributed by atoms with Crippen LogP contribution in [0.2, 0.25) is 0 Å². The predicted molar refractivity (Wildman–Crippen MR) is 98.0 cm³/mol. The fourth-order valence-corrected chi connectivity index (χ4v) is 4.28. The van der Waals surface area contributed by atoms with Gasteiger partial charge >= 0.3 is 0 Å². The minimum Gasteiger partial charge on any atom is -0.355 e. The quantitative estimate of drug-likeness (QED) is 0.836. The van der Waals surface area contributed by atoms with E-state index in [4.69, 9.17) is 0 Å². The number of nitrogens with zero attached hydrogens (tertiary/aromatic N) is 2. The molecule has 2 saturated carbocycles. The maximum atomic E-state index is 13.1. The Bertz CT molecular complexity index is 685. The summed E-state index contributed by atoms with van der Waals surface area (Å²) in [4.78, 5) is 13.1. The predicted octanol–water partition coefficient (Wildman–Crippen LogP) is 3.75. The molecule has 4 rings (SSSR count). The molecular weight excluding hydrogens is 310 g/mol. The molecule has 0 unspecified atom stereocenters. The van der Waals surface area contributed by atoms with Crippen LogP contribution in [0.15, 0.2) is 48.8 Å². The molecule has 4 nitrogen and oxygen atoms in total. The Kier molecular flexibility index (Phi) is 4.60. The van der Waals surface area contributed by atoms with Gasteiger partial charge in [0.2, 0.25) is 5.91 Å². The number of carbonyl (C=O) groups is 1. The Labute approximate surface area is 149 Å². The number of carbonyl (C=O) groups excluding carboxylic acids is 1. The lowest BCUT2D eigenvalue weighted by atomic mass is 9.84. The zero-order valence-corrected chi connectivity index (χ0v) is 14.7. The van der Waals surface area contributed by atoms with E-state index in [0.29, 0.717) is 5.92 Å². The highest BCUT2D eigenvalue weighted by molar-refractivity contribution is 5.84. The molecule has 0 bridgehead atoms. The maximum absolute atomic E-state index is 13.1. The van der Waals surface area contributed by atoms with E-state index in [1.807, 2.05) is 41.3 Å². The van der Waals surface area contributed by atoms with E-state index >= 15 is 0 Å². The number of nitrogens with one attached hydrogen (secondary N) is 1. The van der Waals surface area contributed by atoms with E-state index in [9.17, 15) is 4.79 Å². The fourth-order valence-electron chi connectivity index (χ4n) is 4.28. The van der Waals surface area contributed by atoms with Crippen molar-refractivity contribution in [2.24, 2.45) is 11.3 Å². The number of aromatic nitrogens is 2. The average molecular weight is 337 g/mol. The van der Waals surface area contributed by atoms with Crippen molar-refractivity contribution in [1.82, 2.24) is 15.1 Å². The summed E-state index contributed by atoms with van der Waals surface area (Å²) in [5, 5.41) is 7.61. The Morgan fingerprint density at radius 1 is 1.20 bits per heavy atom. The zero-order chi connectivity index (χ0) is 17.1. The van der Waals surface area contributed by atoms with Gasteiger partial charge in [-0.2, -0.15) is 5.10 Å². The molecule has 0 radical (unpaired) electrons. The van der Waals surface area contributed by atoms with E-state index < -0.39 is 0 Å². The number of hydrogen-bond acceptors (Lipinski definition) is 2. The number of hydrogen-bond donors (Lipinski definition) is 1. The molecule has 1 N–H and O–H groups in total. The first-order valence-electron chi connectivity index (χ1n) is 9.56. The van der Waals surface area contributed by atoms with Gasteiger partial charge in [-0.25, -0.2) is 0 Å². The van der Waals surface area contributed by atoms with Crippen LogP contribution in [0, 0.1) is 11.3 Å². The van der Waals surface area contributed by atoms with Crippen LogP contribution in [0.4, 0.5) is 0 Å². The molecule has 1 aromatic carbocycles. The second-order valence-corrected chi connectivity index (χ2v) is 7.85. The van der Waals surface area contributed by atoms with Crippen LogP contribution in [-0.2, 0) is 11.3 Å². The highest BCUT2D eigenvalue weighted by atomic mass is 16.1. The molecule has 1 atom stereocenters. The Morgan fingerprint density at radius 3 is 2.60 bits per heavy atom. The van der Waals surface area contributed by atoms with Crippen LogP contribution in [0.1, 0.15) is 50.0 Å². The van der Waals surface area contributed by atoms with Crippen molar-refractivity contribution in [2.75, 3.05) is 6.54 Å². The molecule has 4 heteroatoms. The molecule has 2 aliphatic rings. The van der Waals surface area contributed by atoms with E-state index in [2.05, 4.69) is 22.5 Å². The third-order valence-electron chi connectivity index (χ3n) is 5.96. The van der Waals surface area contributed by atoms with Crippen LogP contribution in [0.25, 0.3) is 0 Å². The minimum absolute atomic E-state index is 0.00389. The Balaban J connectivity index is 1.42. The molecule has 0 spiro atoms. The summed E-state index contributed by atoms with van der Waals surface area (Å²) in [6.07, 6.45) is 11.0. The average Bonchev–Trinajstić information content (AvgIpc) is 3.03. The summed E-state index contributed by atoms with van der Waals surface area (Å²) in [5.74, 6) is 0.706. The van der Waals surface area contributed by atoms with Gasteiger partial charge in [0.1, 0.15) is 0 Å². The highest BCUT2D eigenvalue weighted by Crippen LogP contribution is 2.46. The van der Waals surface area contributed by atoms with E-state index in [1.165, 1.54) is 44.1 Å². The van der Waals surface area contributed by atoms with Gasteiger partial charge in [-0.3, -0.25) is 9.48 Å². The maximum Gasteiger partial charge on any atom is 0.227 e. The molecule has 0 aliphatic heterocycles. The van der Waals surface area contributed by atoms with E-state index in [0.717, 1.165) is 13.1 Å². The van der Waals surface area contributed by atoms with Crippen molar-refractivity contribution in [1.29, 1.82) is 0 Å². The van der Waals surface area contributed by atoms with Crippen LogP contribution in [0.5, 0.6) is 0 Å². The molecule has 1 heterocycles. The summed E-state index contributed by atoms with van der Waals surface area (Å²) in [6, 6.07) is 12.3. The normalized spacial score (nSPS) is 20.3. The van der Waals surface area contributed by atoms with Crippen LogP contribution >= 0.6 is 0 Å². The number of benzene rings is 1. The fraction of sp³-hybridized carbons (Fsp3) is 0.524. The van der Waals surface area contributed by atoms with Crippen molar-refractivity contribution in [3.8, 4) is 0 Å². The van der Waals surface area contributed by atoms with Crippen molar-refractivity contribution >= 4 is 5.91 Å². The van der Waals surface area contributed by atoms with Gasteiger partial charge in [0, 0.05) is 30.9 Å². The summed E-state index contributed by atoms with van der Waals surface area (Å²) in [7, 11) is 0. The highest BCUT2D eigenvalue weighted by Gasteiger charge is 2.44. The topological polar surface area (TPSA) is 46.9 Å². The molecule has 1 aromatic heterocycles. The lowest BCUT2D eigenvalue weighted by Gasteiger charge is -2.25. The molecule has 1 amide bonds. The van der Waals surface area contributed by atoms with E-state index in [1.54, 1.807) is 0 Å². The minimum atomic E-state index is 0.00389. The first-order chi connectivity index (χ1) is 12.3. The first-order valence-corrected chi connectivity index (χ1v) is 9.56. The van der Waals surface area contributed by atoms with Gasteiger partial charge in [0.25, 0.3) is 0 Å². The Hall–Kier alpha value is -2.10. The third kappa shape index (κ3) is 3.78. The molecule has 132 valence electrons. The number of amides is 1. The van der Waals surface area contributed by atoms with Crippen molar-refractivity contribution in [3.05, 3.63) is 54.4 Å². The second kappa shape index (κ2) is 7.03. The van der Waals surface area contributed by atoms with Gasteiger partial charge in [0.05, 0.1) is 5.92 Å². The molecule has 2 fully saturated rings. The lowest BCUT2D eigenvalue weighted by Crippen LogP contribution is -2.37. The smallest absolute Gasteiger partial charge is 0.227 e. The van der Waals surface area contributed by atoms with Crippen molar-refractivity contribution in [2.45, 2.75) is 51.0 Å². The van der Waals surface area contributed by atoms with Gasteiger partial charge in [0.15, 0.2) is 0 Å². The van der Waals surface area contributed by atoms with Crippen molar-refractivity contribution < 1.29 is 4.79 Å². The monoisotopic (exact) mass is 337 g/mol. The lowest BCUT2D eigenvalue weighted by molar-refractivity contribution is -0.124. The van der Waals surface area contributed by atoms with Gasteiger partial charge in [-0.05, 0) is 43.2 Å². The first kappa shape index (κ1) is 16.4. The Morgan fingerprint density at radius 2 is 1.96 bits per heavy atom. The largest absolute Gasteiger partial charge is 0.355 e.